The highest BCUT2D eigenvalue weighted by atomic mass is 32.2. The van der Waals surface area contributed by atoms with Crippen LogP contribution in [0.15, 0.2) is 48.5 Å². The smallest absolute Gasteiger partial charge is 0.232 e. The summed E-state index contributed by atoms with van der Waals surface area (Å²) in [6.07, 6.45) is 1.46. The monoisotopic (exact) mass is 434 g/mol. The molecular formula is C23H31FN2O3S. The Hall–Kier alpha value is -2.41. The van der Waals surface area contributed by atoms with Gasteiger partial charge < -0.3 is 5.32 Å². The van der Waals surface area contributed by atoms with Crippen LogP contribution in [0.5, 0.6) is 0 Å². The summed E-state index contributed by atoms with van der Waals surface area (Å²) in [6, 6.07) is 13.7. The molecule has 0 fully saturated rings. The first-order valence-electron chi connectivity index (χ1n) is 10.0. The van der Waals surface area contributed by atoms with Crippen LogP contribution >= 0.6 is 0 Å². The van der Waals surface area contributed by atoms with E-state index in [1.165, 1.54) is 23.8 Å². The lowest BCUT2D eigenvalue weighted by Gasteiger charge is -2.23. The maximum absolute atomic E-state index is 14.0. The first-order valence-corrected chi connectivity index (χ1v) is 11.9. The van der Waals surface area contributed by atoms with E-state index in [1.807, 2.05) is 19.1 Å². The van der Waals surface area contributed by atoms with Crippen molar-refractivity contribution in [3.63, 3.8) is 0 Å². The SMILES string of the molecule is C[C@H](NC(=O)CCCN(c1ccccc1F)S(C)(=O)=O)c1ccc(C(C)(C)C)cc1. The summed E-state index contributed by atoms with van der Waals surface area (Å²) >= 11 is 0. The lowest BCUT2D eigenvalue weighted by molar-refractivity contribution is -0.121. The summed E-state index contributed by atoms with van der Waals surface area (Å²) < 4.78 is 39.2. The lowest BCUT2D eigenvalue weighted by Crippen LogP contribution is -2.33. The van der Waals surface area contributed by atoms with Crippen molar-refractivity contribution in [2.45, 2.75) is 52.0 Å². The van der Waals surface area contributed by atoms with E-state index in [0.29, 0.717) is 0 Å². The molecule has 1 atom stereocenters. The minimum atomic E-state index is -3.66. The number of nitrogens with zero attached hydrogens (tertiary/aromatic N) is 1. The van der Waals surface area contributed by atoms with Gasteiger partial charge in [-0.3, -0.25) is 9.10 Å². The minimum absolute atomic E-state index is 0.00675. The molecule has 5 nitrogen and oxygen atoms in total. The van der Waals surface area contributed by atoms with Gasteiger partial charge in [-0.1, -0.05) is 57.2 Å². The van der Waals surface area contributed by atoms with E-state index in [-0.39, 0.29) is 42.4 Å². The van der Waals surface area contributed by atoms with Gasteiger partial charge in [0, 0.05) is 13.0 Å². The van der Waals surface area contributed by atoms with Gasteiger partial charge in [0.15, 0.2) is 0 Å². The van der Waals surface area contributed by atoms with E-state index in [2.05, 4.69) is 38.2 Å². The Morgan fingerprint density at radius 1 is 1.10 bits per heavy atom. The Labute approximate surface area is 179 Å². The number of nitrogens with one attached hydrogen (secondary N) is 1. The minimum Gasteiger partial charge on any atom is -0.350 e. The molecule has 30 heavy (non-hydrogen) atoms. The van der Waals surface area contributed by atoms with Gasteiger partial charge in [-0.2, -0.15) is 0 Å². The van der Waals surface area contributed by atoms with Crippen LogP contribution < -0.4 is 9.62 Å². The molecule has 0 bridgehead atoms. The third-order valence-corrected chi connectivity index (χ3v) is 6.12. The van der Waals surface area contributed by atoms with Crippen molar-refractivity contribution in [2.75, 3.05) is 17.1 Å². The summed E-state index contributed by atoms with van der Waals surface area (Å²) in [5.74, 6) is -0.788. The maximum atomic E-state index is 14.0. The van der Waals surface area contributed by atoms with Gasteiger partial charge in [0.1, 0.15) is 5.82 Å². The highest BCUT2D eigenvalue weighted by Gasteiger charge is 2.21. The highest BCUT2D eigenvalue weighted by Crippen LogP contribution is 2.24. The van der Waals surface area contributed by atoms with E-state index < -0.39 is 15.8 Å². The second-order valence-electron chi connectivity index (χ2n) is 8.55. The molecule has 0 aromatic heterocycles. The molecular weight excluding hydrogens is 403 g/mol. The molecule has 0 aliphatic heterocycles. The molecule has 2 rings (SSSR count). The number of amides is 1. The quantitative estimate of drug-likeness (QED) is 0.663. The molecule has 0 heterocycles. The van der Waals surface area contributed by atoms with Gasteiger partial charge in [-0.15, -0.1) is 0 Å². The third-order valence-electron chi connectivity index (χ3n) is 4.94. The fraction of sp³-hybridized carbons (Fsp3) is 0.435. The summed E-state index contributed by atoms with van der Waals surface area (Å²) in [7, 11) is -3.66. The molecule has 164 valence electrons. The summed E-state index contributed by atoms with van der Waals surface area (Å²) in [4.78, 5) is 12.3. The number of anilines is 1. The third kappa shape index (κ3) is 6.55. The first kappa shape index (κ1) is 23.9. The molecule has 2 aromatic carbocycles. The number of hydrogen-bond acceptors (Lipinski definition) is 3. The molecule has 0 aliphatic carbocycles. The molecule has 0 saturated carbocycles. The van der Waals surface area contributed by atoms with Crippen LogP contribution in [0.25, 0.3) is 0 Å². The lowest BCUT2D eigenvalue weighted by atomic mass is 9.86. The van der Waals surface area contributed by atoms with Crippen LogP contribution in [0.3, 0.4) is 0 Å². The predicted octanol–water partition coefficient (Wildman–Crippen LogP) is 4.55. The van der Waals surface area contributed by atoms with E-state index in [1.54, 1.807) is 6.07 Å². The van der Waals surface area contributed by atoms with Gasteiger partial charge >= 0.3 is 0 Å². The number of halogens is 1. The predicted molar refractivity (Wildman–Crippen MR) is 120 cm³/mol. The topological polar surface area (TPSA) is 66.5 Å². The van der Waals surface area contributed by atoms with Gasteiger partial charge in [0.25, 0.3) is 0 Å². The van der Waals surface area contributed by atoms with Gasteiger partial charge in [-0.25, -0.2) is 12.8 Å². The van der Waals surface area contributed by atoms with Crippen LogP contribution in [0.2, 0.25) is 0 Å². The number of para-hydroxylation sites is 1. The zero-order chi connectivity index (χ0) is 22.5. The Balaban J connectivity index is 1.94. The molecule has 0 unspecified atom stereocenters. The van der Waals surface area contributed by atoms with E-state index >= 15 is 0 Å². The van der Waals surface area contributed by atoms with Crippen LogP contribution in [0, 0.1) is 5.82 Å². The summed E-state index contributed by atoms with van der Waals surface area (Å²) in [5.41, 5.74) is 2.28. The van der Waals surface area contributed by atoms with Crippen LogP contribution in [-0.2, 0) is 20.2 Å². The van der Waals surface area contributed by atoms with E-state index in [4.69, 9.17) is 0 Å². The van der Waals surface area contributed by atoms with E-state index in [0.717, 1.165) is 16.1 Å². The molecule has 2 aromatic rings. The first-order chi connectivity index (χ1) is 13.9. The molecule has 0 saturated heterocycles. The van der Waals surface area contributed by atoms with Crippen molar-refractivity contribution in [1.82, 2.24) is 5.32 Å². The Morgan fingerprint density at radius 3 is 2.23 bits per heavy atom. The zero-order valence-electron chi connectivity index (χ0n) is 18.3. The van der Waals surface area contributed by atoms with Gasteiger partial charge in [0.05, 0.1) is 18.0 Å². The van der Waals surface area contributed by atoms with Gasteiger partial charge in [0.2, 0.25) is 15.9 Å². The second kappa shape index (κ2) is 9.60. The van der Waals surface area contributed by atoms with Crippen molar-refractivity contribution in [3.8, 4) is 0 Å². The number of carbonyl (C=O) groups is 1. The molecule has 1 amide bonds. The summed E-state index contributed by atoms with van der Waals surface area (Å²) in [6.45, 7) is 8.38. The molecule has 0 spiro atoms. The Bertz CT molecular complexity index is 967. The number of carbonyl (C=O) groups excluding carboxylic acids is 1. The Morgan fingerprint density at radius 2 is 1.70 bits per heavy atom. The molecule has 0 radical (unpaired) electrons. The molecule has 1 N–H and O–H groups in total. The number of hydrogen-bond donors (Lipinski definition) is 1. The number of benzene rings is 2. The average molecular weight is 435 g/mol. The standard InChI is InChI=1S/C23H31FN2O3S/c1-17(18-12-14-19(15-13-18)23(2,3)4)25-22(27)11-8-16-26(30(5,28)29)21-10-7-6-9-20(21)24/h6-7,9-10,12-15,17H,8,11,16H2,1-5H3,(H,25,27)/t17-/m0/s1. The molecule has 0 aliphatic rings. The number of sulfonamides is 1. The highest BCUT2D eigenvalue weighted by molar-refractivity contribution is 7.92. The fourth-order valence-electron chi connectivity index (χ4n) is 3.17. The number of rotatable bonds is 8. The van der Waals surface area contributed by atoms with Crippen molar-refractivity contribution < 1.29 is 17.6 Å². The summed E-state index contributed by atoms with van der Waals surface area (Å²) in [5, 5.41) is 2.94. The van der Waals surface area contributed by atoms with Crippen molar-refractivity contribution in [1.29, 1.82) is 0 Å². The normalized spacial score (nSPS) is 13.0. The van der Waals surface area contributed by atoms with Gasteiger partial charge in [-0.05, 0) is 42.0 Å². The van der Waals surface area contributed by atoms with Crippen LogP contribution in [0.1, 0.15) is 57.7 Å². The van der Waals surface area contributed by atoms with Crippen LogP contribution in [-0.4, -0.2) is 27.1 Å². The van der Waals surface area contributed by atoms with E-state index in [9.17, 15) is 17.6 Å². The van der Waals surface area contributed by atoms with Crippen LogP contribution in [0.4, 0.5) is 10.1 Å². The van der Waals surface area contributed by atoms with Crippen molar-refractivity contribution in [3.05, 3.63) is 65.5 Å². The fourth-order valence-corrected chi connectivity index (χ4v) is 4.14. The van der Waals surface area contributed by atoms with Crippen molar-refractivity contribution in [2.24, 2.45) is 0 Å². The Kier molecular flexibility index (Phi) is 7.64. The van der Waals surface area contributed by atoms with Crippen molar-refractivity contribution >= 4 is 21.6 Å². The largest absolute Gasteiger partial charge is 0.350 e. The maximum Gasteiger partial charge on any atom is 0.232 e. The molecule has 7 heteroatoms. The average Bonchev–Trinajstić information content (AvgIpc) is 2.64. The zero-order valence-corrected chi connectivity index (χ0v) is 19.1. The second-order valence-corrected chi connectivity index (χ2v) is 10.5.